The maximum atomic E-state index is 13.6. The molecule has 9 heteroatoms. The summed E-state index contributed by atoms with van der Waals surface area (Å²) >= 11 is 6.51. The molecule has 2 aromatic rings. The summed E-state index contributed by atoms with van der Waals surface area (Å²) in [5.41, 5.74) is 1.95. The van der Waals surface area contributed by atoms with Crippen LogP contribution in [0.4, 0.5) is 4.79 Å². The Balaban J connectivity index is 1.92. The number of hydrogen-bond donors (Lipinski definition) is 1. The maximum absolute atomic E-state index is 13.6. The largest absolute Gasteiger partial charge is 0.497 e. The summed E-state index contributed by atoms with van der Waals surface area (Å²) in [6, 6.07) is 14.2. The summed E-state index contributed by atoms with van der Waals surface area (Å²) in [6.45, 7) is 6.08. The summed E-state index contributed by atoms with van der Waals surface area (Å²) in [5, 5.41) is 9.61. The van der Waals surface area contributed by atoms with Gasteiger partial charge in [-0.2, -0.15) is 5.10 Å². The fourth-order valence-electron chi connectivity index (χ4n) is 3.79. The zero-order valence-corrected chi connectivity index (χ0v) is 21.6. The lowest BCUT2D eigenvalue weighted by molar-refractivity contribution is -0.133. The Morgan fingerprint density at radius 1 is 1.17 bits per heavy atom. The normalized spacial score (nSPS) is 15.5. The molecule has 3 rings (SSSR count). The SMILES string of the molecule is COCCN(CC(=O)N1N=C(c2cccc(OC)c2)C[C@@H]1c1ccccc1Cl)C(=O)NC(C)(C)C. The number of halogens is 1. The Kier molecular flexibility index (Phi) is 8.75. The van der Waals surface area contributed by atoms with Gasteiger partial charge in [-0.3, -0.25) is 4.79 Å². The molecule has 35 heavy (non-hydrogen) atoms. The number of carbonyl (C=O) groups excluding carboxylic acids is 2. The molecular weight excluding hydrogens is 468 g/mol. The van der Waals surface area contributed by atoms with Crippen LogP contribution in [0.2, 0.25) is 5.02 Å². The van der Waals surface area contributed by atoms with Crippen LogP contribution in [0.3, 0.4) is 0 Å². The van der Waals surface area contributed by atoms with E-state index in [4.69, 9.17) is 26.2 Å². The number of ether oxygens (including phenoxy) is 2. The second-order valence-electron chi connectivity index (χ2n) is 9.35. The first-order chi connectivity index (χ1) is 16.6. The fourth-order valence-corrected chi connectivity index (χ4v) is 4.06. The van der Waals surface area contributed by atoms with Crippen molar-refractivity contribution < 1.29 is 19.1 Å². The van der Waals surface area contributed by atoms with Gasteiger partial charge in [0, 0.05) is 36.2 Å². The summed E-state index contributed by atoms with van der Waals surface area (Å²) in [6.07, 6.45) is 0.481. The molecular formula is C26H33ClN4O4. The quantitative estimate of drug-likeness (QED) is 0.579. The summed E-state index contributed by atoms with van der Waals surface area (Å²) in [5.74, 6) is 0.391. The first-order valence-electron chi connectivity index (χ1n) is 11.5. The van der Waals surface area contributed by atoms with Gasteiger partial charge in [0.1, 0.15) is 12.3 Å². The van der Waals surface area contributed by atoms with Crippen LogP contribution in [0.25, 0.3) is 0 Å². The lowest BCUT2D eigenvalue weighted by Gasteiger charge is -2.30. The summed E-state index contributed by atoms with van der Waals surface area (Å²) < 4.78 is 10.5. The van der Waals surface area contributed by atoms with Crippen molar-refractivity contribution in [2.75, 3.05) is 33.9 Å². The molecule has 0 spiro atoms. The third kappa shape index (κ3) is 6.96. The lowest BCUT2D eigenvalue weighted by atomic mass is 9.98. The van der Waals surface area contributed by atoms with Gasteiger partial charge in [-0.1, -0.05) is 41.9 Å². The molecule has 3 amide bonds. The van der Waals surface area contributed by atoms with Gasteiger partial charge in [-0.15, -0.1) is 0 Å². The third-order valence-electron chi connectivity index (χ3n) is 5.49. The number of methoxy groups -OCH3 is 2. The van der Waals surface area contributed by atoms with E-state index in [2.05, 4.69) is 5.32 Å². The smallest absolute Gasteiger partial charge is 0.318 e. The zero-order chi connectivity index (χ0) is 25.6. The molecule has 1 atom stereocenters. The van der Waals surface area contributed by atoms with Crippen molar-refractivity contribution in [3.63, 3.8) is 0 Å². The highest BCUT2D eigenvalue weighted by Crippen LogP contribution is 2.36. The molecule has 0 saturated carbocycles. The molecule has 0 bridgehead atoms. The van der Waals surface area contributed by atoms with Crippen LogP contribution in [-0.4, -0.2) is 67.0 Å². The molecule has 1 N–H and O–H groups in total. The molecule has 0 fully saturated rings. The number of carbonyl (C=O) groups is 2. The number of nitrogens with one attached hydrogen (secondary N) is 1. The van der Waals surface area contributed by atoms with E-state index < -0.39 is 11.6 Å². The number of hydrogen-bond acceptors (Lipinski definition) is 5. The number of rotatable bonds is 8. The van der Waals surface area contributed by atoms with Crippen LogP contribution in [0.1, 0.15) is 44.4 Å². The van der Waals surface area contributed by atoms with Crippen LogP contribution < -0.4 is 10.1 Å². The Bertz CT molecular complexity index is 1080. The van der Waals surface area contributed by atoms with Gasteiger partial charge >= 0.3 is 6.03 Å². The Morgan fingerprint density at radius 2 is 1.91 bits per heavy atom. The third-order valence-corrected chi connectivity index (χ3v) is 5.84. The molecule has 2 aromatic carbocycles. The molecule has 0 aromatic heterocycles. The van der Waals surface area contributed by atoms with Crippen molar-refractivity contribution in [1.82, 2.24) is 15.2 Å². The van der Waals surface area contributed by atoms with Crippen LogP contribution >= 0.6 is 11.6 Å². The summed E-state index contributed by atoms with van der Waals surface area (Å²) in [7, 11) is 3.16. The van der Waals surface area contributed by atoms with Crippen molar-refractivity contribution in [2.45, 2.75) is 38.8 Å². The van der Waals surface area contributed by atoms with Crippen LogP contribution in [0, 0.1) is 0 Å². The predicted octanol–water partition coefficient (Wildman–Crippen LogP) is 4.48. The number of hydrazone groups is 1. The number of nitrogens with zero attached hydrogens (tertiary/aromatic N) is 3. The van der Waals surface area contributed by atoms with Crippen LogP contribution in [-0.2, 0) is 9.53 Å². The van der Waals surface area contributed by atoms with Crippen molar-refractivity contribution in [3.05, 3.63) is 64.7 Å². The van der Waals surface area contributed by atoms with Gasteiger partial charge in [0.15, 0.2) is 0 Å². The van der Waals surface area contributed by atoms with Crippen molar-refractivity contribution >= 4 is 29.3 Å². The molecule has 8 nitrogen and oxygen atoms in total. The molecule has 1 heterocycles. The van der Waals surface area contributed by atoms with Crippen molar-refractivity contribution in [3.8, 4) is 5.75 Å². The van der Waals surface area contributed by atoms with E-state index in [0.717, 1.165) is 16.8 Å². The highest BCUT2D eigenvalue weighted by Gasteiger charge is 2.35. The molecule has 0 radical (unpaired) electrons. The van der Waals surface area contributed by atoms with Crippen molar-refractivity contribution in [2.24, 2.45) is 5.10 Å². The second kappa shape index (κ2) is 11.6. The van der Waals surface area contributed by atoms with Crippen molar-refractivity contribution in [1.29, 1.82) is 0 Å². The first-order valence-corrected chi connectivity index (χ1v) is 11.8. The average molecular weight is 501 g/mol. The van der Waals surface area contributed by atoms with E-state index in [1.807, 2.05) is 63.2 Å². The standard InChI is InChI=1S/C26H33ClN4O4/c1-26(2,3)28-25(33)30(13-14-34-4)17-24(32)31-23(20-11-6-7-12-21(20)27)16-22(29-31)18-9-8-10-19(15-18)35-5/h6-12,15,23H,13-14,16-17H2,1-5H3,(H,28,33)/t23-/m1/s1. The molecule has 1 aliphatic heterocycles. The Hall–Kier alpha value is -3.10. The number of urea groups is 1. The molecule has 1 aliphatic rings. The van der Waals surface area contributed by atoms with E-state index in [-0.39, 0.29) is 25.0 Å². The van der Waals surface area contributed by atoms with E-state index in [0.29, 0.717) is 23.8 Å². The average Bonchev–Trinajstić information content (AvgIpc) is 3.26. The van der Waals surface area contributed by atoms with Crippen LogP contribution in [0.15, 0.2) is 53.6 Å². The zero-order valence-electron chi connectivity index (χ0n) is 20.9. The Labute approximate surface area is 211 Å². The minimum Gasteiger partial charge on any atom is -0.497 e. The van der Waals surface area contributed by atoms with Crippen LogP contribution in [0.5, 0.6) is 5.75 Å². The minimum absolute atomic E-state index is 0.152. The molecule has 0 unspecified atom stereocenters. The summed E-state index contributed by atoms with van der Waals surface area (Å²) in [4.78, 5) is 27.9. The monoisotopic (exact) mass is 500 g/mol. The van der Waals surface area contributed by atoms with E-state index in [9.17, 15) is 9.59 Å². The van der Waals surface area contributed by atoms with Gasteiger partial charge < -0.3 is 19.7 Å². The van der Waals surface area contributed by atoms with E-state index >= 15 is 0 Å². The van der Waals surface area contributed by atoms with Gasteiger partial charge in [0.2, 0.25) is 0 Å². The molecule has 0 aliphatic carbocycles. The van der Waals surface area contributed by atoms with Gasteiger partial charge in [0.05, 0.1) is 25.5 Å². The number of benzene rings is 2. The topological polar surface area (TPSA) is 83.5 Å². The molecule has 0 saturated heterocycles. The van der Waals surface area contributed by atoms with Gasteiger partial charge in [-0.05, 0) is 44.5 Å². The maximum Gasteiger partial charge on any atom is 0.318 e. The highest BCUT2D eigenvalue weighted by atomic mass is 35.5. The molecule has 188 valence electrons. The van der Waals surface area contributed by atoms with E-state index in [1.165, 1.54) is 9.91 Å². The van der Waals surface area contributed by atoms with Gasteiger partial charge in [0.25, 0.3) is 5.91 Å². The predicted molar refractivity (Wildman–Crippen MR) is 137 cm³/mol. The second-order valence-corrected chi connectivity index (χ2v) is 9.76. The minimum atomic E-state index is -0.448. The fraction of sp³-hybridized carbons (Fsp3) is 0.423. The van der Waals surface area contributed by atoms with E-state index in [1.54, 1.807) is 20.3 Å². The highest BCUT2D eigenvalue weighted by molar-refractivity contribution is 6.31. The first kappa shape index (κ1) is 26.5. The lowest BCUT2D eigenvalue weighted by Crippen LogP contribution is -2.52. The van der Waals surface area contributed by atoms with Gasteiger partial charge in [-0.25, -0.2) is 9.80 Å². The Morgan fingerprint density at radius 3 is 2.57 bits per heavy atom. The number of amides is 3.